The molecule has 1 fully saturated rings. The minimum absolute atomic E-state index is 0.119. The number of benzene rings is 2. The monoisotopic (exact) mass is 362 g/mol. The van der Waals surface area contributed by atoms with Gasteiger partial charge in [-0.15, -0.1) is 0 Å². The molecule has 27 heavy (non-hydrogen) atoms. The van der Waals surface area contributed by atoms with Crippen molar-refractivity contribution in [3.63, 3.8) is 0 Å². The molecule has 1 aliphatic rings. The molecule has 3 heteroatoms. The van der Waals surface area contributed by atoms with E-state index in [1.807, 2.05) is 62.4 Å². The van der Waals surface area contributed by atoms with E-state index in [1.165, 1.54) is 0 Å². The standard InChI is InChI=1S/C24H26O3/c1-16-8-5-12-20(23(16)26-3)14-18-10-7-11-19(22(18)25)15-21-13-6-9-17(2)24(21)27-4/h5-6,8-9,12-15H,7,10-11H2,1-4H3. The highest BCUT2D eigenvalue weighted by Gasteiger charge is 2.21. The van der Waals surface area contributed by atoms with Crippen LogP contribution in [0.4, 0.5) is 0 Å². The van der Waals surface area contributed by atoms with E-state index in [9.17, 15) is 4.79 Å². The predicted octanol–water partition coefficient (Wildman–Crippen LogP) is 5.54. The number of Topliss-reactive ketones (excluding diaryl/α,β-unsaturated/α-hetero) is 1. The molecule has 3 rings (SSSR count). The Hall–Kier alpha value is -2.81. The molecule has 0 N–H and O–H groups in total. The van der Waals surface area contributed by atoms with Crippen LogP contribution < -0.4 is 9.47 Å². The molecule has 0 heterocycles. The van der Waals surface area contributed by atoms with Gasteiger partial charge >= 0.3 is 0 Å². The average Bonchev–Trinajstić information content (AvgIpc) is 2.65. The quantitative estimate of drug-likeness (QED) is 0.670. The summed E-state index contributed by atoms with van der Waals surface area (Å²) >= 11 is 0. The molecule has 1 saturated carbocycles. The lowest BCUT2D eigenvalue weighted by molar-refractivity contribution is -0.112. The van der Waals surface area contributed by atoms with Gasteiger partial charge in [0, 0.05) is 22.3 Å². The van der Waals surface area contributed by atoms with Crippen LogP contribution in [0.25, 0.3) is 12.2 Å². The Morgan fingerprint density at radius 2 is 1.22 bits per heavy atom. The number of carbonyl (C=O) groups is 1. The summed E-state index contributed by atoms with van der Waals surface area (Å²) in [7, 11) is 3.34. The van der Waals surface area contributed by atoms with Crippen molar-refractivity contribution in [2.45, 2.75) is 33.1 Å². The highest BCUT2D eigenvalue weighted by molar-refractivity contribution is 6.14. The number of methoxy groups -OCH3 is 2. The first-order chi connectivity index (χ1) is 13.0. The number of aryl methyl sites for hydroxylation is 2. The van der Waals surface area contributed by atoms with Crippen LogP contribution in [-0.2, 0) is 4.79 Å². The number of allylic oxidation sites excluding steroid dienone is 2. The normalized spacial score (nSPS) is 17.4. The largest absolute Gasteiger partial charge is 0.496 e. The Morgan fingerprint density at radius 1 is 0.778 bits per heavy atom. The topological polar surface area (TPSA) is 35.5 Å². The second-order valence-electron chi connectivity index (χ2n) is 6.92. The van der Waals surface area contributed by atoms with Gasteiger partial charge in [-0.25, -0.2) is 0 Å². The van der Waals surface area contributed by atoms with Crippen molar-refractivity contribution in [3.8, 4) is 11.5 Å². The molecule has 0 atom stereocenters. The summed E-state index contributed by atoms with van der Waals surface area (Å²) in [6, 6.07) is 12.0. The van der Waals surface area contributed by atoms with Gasteiger partial charge in [-0.2, -0.15) is 0 Å². The van der Waals surface area contributed by atoms with Crippen LogP contribution in [0.15, 0.2) is 47.5 Å². The van der Waals surface area contributed by atoms with Gasteiger partial charge in [-0.05, 0) is 56.4 Å². The van der Waals surface area contributed by atoms with Gasteiger partial charge in [0.1, 0.15) is 11.5 Å². The summed E-state index contributed by atoms with van der Waals surface area (Å²) in [6.07, 6.45) is 6.51. The van der Waals surface area contributed by atoms with Crippen molar-refractivity contribution in [3.05, 3.63) is 69.8 Å². The summed E-state index contributed by atoms with van der Waals surface area (Å²) < 4.78 is 11.1. The zero-order chi connectivity index (χ0) is 19.4. The van der Waals surface area contributed by atoms with E-state index in [2.05, 4.69) is 0 Å². The van der Waals surface area contributed by atoms with Gasteiger partial charge in [0.25, 0.3) is 0 Å². The van der Waals surface area contributed by atoms with Gasteiger partial charge in [-0.1, -0.05) is 36.4 Å². The molecule has 0 unspecified atom stereocenters. The lowest BCUT2D eigenvalue weighted by Gasteiger charge is -2.18. The van der Waals surface area contributed by atoms with Gasteiger partial charge in [-0.3, -0.25) is 4.79 Å². The second-order valence-corrected chi connectivity index (χ2v) is 6.92. The van der Waals surface area contributed by atoms with E-state index < -0.39 is 0 Å². The number of ketones is 1. The number of ether oxygens (including phenoxy) is 2. The first kappa shape index (κ1) is 19.0. The van der Waals surface area contributed by atoms with E-state index in [1.54, 1.807) is 14.2 Å². The Bertz CT molecular complexity index is 846. The van der Waals surface area contributed by atoms with Crippen LogP contribution in [-0.4, -0.2) is 20.0 Å². The zero-order valence-corrected chi connectivity index (χ0v) is 16.5. The molecule has 0 radical (unpaired) electrons. The Labute approximate surface area is 161 Å². The number of para-hydroxylation sites is 2. The molecule has 0 bridgehead atoms. The van der Waals surface area contributed by atoms with Crippen LogP contribution in [0, 0.1) is 13.8 Å². The fourth-order valence-electron chi connectivity index (χ4n) is 3.69. The molecule has 0 amide bonds. The van der Waals surface area contributed by atoms with E-state index >= 15 is 0 Å². The molecule has 0 aromatic heterocycles. The van der Waals surface area contributed by atoms with Crippen LogP contribution in [0.3, 0.4) is 0 Å². The minimum Gasteiger partial charge on any atom is -0.496 e. The number of carbonyl (C=O) groups excluding carboxylic acids is 1. The molecule has 0 spiro atoms. The summed E-state index contributed by atoms with van der Waals surface area (Å²) in [5, 5.41) is 0. The molecular formula is C24H26O3. The van der Waals surface area contributed by atoms with Gasteiger partial charge < -0.3 is 9.47 Å². The highest BCUT2D eigenvalue weighted by Crippen LogP contribution is 2.33. The van der Waals surface area contributed by atoms with E-state index in [0.29, 0.717) is 0 Å². The maximum Gasteiger partial charge on any atom is 0.185 e. The van der Waals surface area contributed by atoms with E-state index in [-0.39, 0.29) is 5.78 Å². The van der Waals surface area contributed by atoms with Gasteiger partial charge in [0.2, 0.25) is 0 Å². The third kappa shape index (κ3) is 3.97. The van der Waals surface area contributed by atoms with Crippen LogP contribution in [0.2, 0.25) is 0 Å². The SMILES string of the molecule is COc1c(C)cccc1C=C1CCCC(=Cc2cccc(C)c2OC)C1=O. The number of hydrogen-bond acceptors (Lipinski definition) is 3. The van der Waals surface area contributed by atoms with E-state index in [0.717, 1.165) is 64.2 Å². The fraction of sp³-hybridized carbons (Fsp3) is 0.292. The Kier molecular flexibility index (Phi) is 5.80. The zero-order valence-electron chi connectivity index (χ0n) is 16.5. The first-order valence-electron chi connectivity index (χ1n) is 9.28. The van der Waals surface area contributed by atoms with Gasteiger partial charge in [0.15, 0.2) is 5.78 Å². The number of rotatable bonds is 4. The maximum atomic E-state index is 13.1. The molecule has 0 aliphatic heterocycles. The van der Waals surface area contributed by atoms with Crippen molar-refractivity contribution in [1.82, 2.24) is 0 Å². The molecule has 2 aromatic carbocycles. The predicted molar refractivity (Wildman–Crippen MR) is 110 cm³/mol. The molecule has 140 valence electrons. The molecule has 2 aromatic rings. The minimum atomic E-state index is 0.119. The maximum absolute atomic E-state index is 13.1. The highest BCUT2D eigenvalue weighted by atomic mass is 16.5. The summed E-state index contributed by atoms with van der Waals surface area (Å²) in [4.78, 5) is 13.1. The second kappa shape index (κ2) is 8.26. The Morgan fingerprint density at radius 3 is 1.63 bits per heavy atom. The van der Waals surface area contributed by atoms with Crippen LogP contribution in [0.1, 0.15) is 41.5 Å². The average molecular weight is 362 g/mol. The van der Waals surface area contributed by atoms with Crippen LogP contribution >= 0.6 is 0 Å². The van der Waals surface area contributed by atoms with Crippen molar-refractivity contribution in [2.75, 3.05) is 14.2 Å². The van der Waals surface area contributed by atoms with E-state index in [4.69, 9.17) is 9.47 Å². The molecule has 3 nitrogen and oxygen atoms in total. The third-order valence-corrected chi connectivity index (χ3v) is 5.03. The molecule has 0 saturated heterocycles. The van der Waals surface area contributed by atoms with Gasteiger partial charge in [0.05, 0.1) is 14.2 Å². The summed E-state index contributed by atoms with van der Waals surface area (Å²) in [5.74, 6) is 1.77. The van der Waals surface area contributed by atoms with Crippen molar-refractivity contribution >= 4 is 17.9 Å². The summed E-state index contributed by atoms with van der Waals surface area (Å²) in [6.45, 7) is 4.03. The van der Waals surface area contributed by atoms with Crippen molar-refractivity contribution in [2.24, 2.45) is 0 Å². The van der Waals surface area contributed by atoms with Crippen molar-refractivity contribution in [1.29, 1.82) is 0 Å². The number of hydrogen-bond donors (Lipinski definition) is 0. The third-order valence-electron chi connectivity index (χ3n) is 5.03. The van der Waals surface area contributed by atoms with Crippen molar-refractivity contribution < 1.29 is 14.3 Å². The molecular weight excluding hydrogens is 336 g/mol. The summed E-state index contributed by atoms with van der Waals surface area (Å²) in [5.41, 5.74) is 5.71. The smallest absolute Gasteiger partial charge is 0.185 e. The molecule has 1 aliphatic carbocycles. The lowest BCUT2D eigenvalue weighted by Crippen LogP contribution is -2.12. The fourth-order valence-corrected chi connectivity index (χ4v) is 3.69. The lowest BCUT2D eigenvalue weighted by atomic mass is 9.86. The first-order valence-corrected chi connectivity index (χ1v) is 9.28. The Balaban J connectivity index is 1.98. The van der Waals surface area contributed by atoms with Crippen LogP contribution in [0.5, 0.6) is 11.5 Å².